The van der Waals surface area contributed by atoms with Gasteiger partial charge < -0.3 is 20.0 Å². The zero-order valence-electron chi connectivity index (χ0n) is 13.5. The smallest absolute Gasteiger partial charge is 0.144 e. The van der Waals surface area contributed by atoms with E-state index in [4.69, 9.17) is 9.57 Å². The molecule has 2 N–H and O–H groups in total. The summed E-state index contributed by atoms with van der Waals surface area (Å²) in [5, 5.41) is 17.4. The molecule has 0 aromatic carbocycles. The predicted molar refractivity (Wildman–Crippen MR) is 82.3 cm³/mol. The summed E-state index contributed by atoms with van der Waals surface area (Å²) in [6.45, 7) is 10.2. The van der Waals surface area contributed by atoms with Gasteiger partial charge in [0.2, 0.25) is 0 Å². The van der Waals surface area contributed by atoms with E-state index in [1.807, 2.05) is 0 Å². The second kappa shape index (κ2) is 7.54. The first-order valence-corrected chi connectivity index (χ1v) is 7.86. The number of hydrogen-bond acceptors (Lipinski definition) is 6. The van der Waals surface area contributed by atoms with Gasteiger partial charge in [0.1, 0.15) is 12.7 Å². The number of aliphatic hydroxyl groups is 1. The van der Waals surface area contributed by atoms with Crippen molar-refractivity contribution >= 4 is 5.71 Å². The average molecular weight is 299 g/mol. The molecule has 1 atom stereocenters. The average Bonchev–Trinajstić information content (AvgIpc) is 3.13. The molecular weight excluding hydrogens is 270 g/mol. The molecule has 0 aromatic rings. The Labute approximate surface area is 127 Å². The lowest BCUT2D eigenvalue weighted by atomic mass is 10.1. The van der Waals surface area contributed by atoms with Crippen LogP contribution in [0.15, 0.2) is 5.16 Å². The quantitative estimate of drug-likeness (QED) is 0.513. The first-order valence-electron chi connectivity index (χ1n) is 7.86. The summed E-state index contributed by atoms with van der Waals surface area (Å²) in [5.74, 6) is 0.565. The van der Waals surface area contributed by atoms with E-state index in [2.05, 4.69) is 36.1 Å². The number of rotatable bonds is 8. The van der Waals surface area contributed by atoms with Gasteiger partial charge in [-0.15, -0.1) is 0 Å². The summed E-state index contributed by atoms with van der Waals surface area (Å²) in [6, 6.07) is 0. The first-order chi connectivity index (χ1) is 9.94. The molecule has 0 spiro atoms. The highest BCUT2D eigenvalue weighted by molar-refractivity contribution is 5.90. The number of β-amino-alcohol motifs (C(OH)–C–C–N with tert-alkyl or cyclic N) is 1. The van der Waals surface area contributed by atoms with Gasteiger partial charge in [-0.1, -0.05) is 5.16 Å². The van der Waals surface area contributed by atoms with E-state index in [1.165, 1.54) is 12.8 Å². The molecule has 6 nitrogen and oxygen atoms in total. The van der Waals surface area contributed by atoms with Crippen molar-refractivity contribution in [3.8, 4) is 0 Å². The number of nitrogens with zero attached hydrogens (tertiary/aromatic N) is 2. The van der Waals surface area contributed by atoms with Crippen LogP contribution in [0.2, 0.25) is 0 Å². The SMILES string of the molecule is CC(C)(C)NCC(O)CO/N=C(\CN1CCOC1)C1CC1. The standard InChI is InChI=1S/C15H29N3O3/c1-15(2,3)16-8-13(19)10-21-17-14(12-4-5-12)9-18-6-7-20-11-18/h12-13,16,19H,4-11H2,1-3H3/b17-14+. The van der Waals surface area contributed by atoms with Gasteiger partial charge in [-0.05, 0) is 33.6 Å². The van der Waals surface area contributed by atoms with Gasteiger partial charge in [-0.3, -0.25) is 4.90 Å². The van der Waals surface area contributed by atoms with Gasteiger partial charge in [-0.25, -0.2) is 0 Å². The van der Waals surface area contributed by atoms with Crippen molar-refractivity contribution in [2.45, 2.75) is 45.3 Å². The van der Waals surface area contributed by atoms with Gasteiger partial charge in [-0.2, -0.15) is 0 Å². The van der Waals surface area contributed by atoms with E-state index in [0.717, 1.165) is 25.4 Å². The number of aliphatic hydroxyl groups excluding tert-OH is 1. The molecule has 2 rings (SSSR count). The van der Waals surface area contributed by atoms with E-state index in [0.29, 0.717) is 19.2 Å². The van der Waals surface area contributed by atoms with Crippen LogP contribution in [0.5, 0.6) is 0 Å². The summed E-state index contributed by atoms with van der Waals surface area (Å²) in [4.78, 5) is 7.60. The van der Waals surface area contributed by atoms with E-state index in [9.17, 15) is 5.11 Å². The van der Waals surface area contributed by atoms with Crippen molar-refractivity contribution < 1.29 is 14.7 Å². The zero-order valence-corrected chi connectivity index (χ0v) is 13.5. The Morgan fingerprint density at radius 3 is 2.81 bits per heavy atom. The number of oxime groups is 1. The molecule has 0 aromatic heterocycles. The number of ether oxygens (including phenoxy) is 1. The number of hydrogen-bond donors (Lipinski definition) is 2. The third-order valence-corrected chi connectivity index (χ3v) is 3.58. The van der Waals surface area contributed by atoms with Crippen molar-refractivity contribution in [3.63, 3.8) is 0 Å². The fourth-order valence-electron chi connectivity index (χ4n) is 2.14. The lowest BCUT2D eigenvalue weighted by Crippen LogP contribution is -2.42. The molecule has 1 unspecified atom stereocenters. The van der Waals surface area contributed by atoms with E-state index in [-0.39, 0.29) is 12.1 Å². The Morgan fingerprint density at radius 2 is 2.24 bits per heavy atom. The largest absolute Gasteiger partial charge is 0.393 e. The third kappa shape index (κ3) is 6.74. The molecule has 2 fully saturated rings. The summed E-state index contributed by atoms with van der Waals surface area (Å²) in [6.07, 6.45) is 1.86. The van der Waals surface area contributed by atoms with E-state index < -0.39 is 6.10 Å². The molecule has 1 saturated heterocycles. The van der Waals surface area contributed by atoms with Crippen LogP contribution >= 0.6 is 0 Å². The lowest BCUT2D eigenvalue weighted by Gasteiger charge is -2.22. The van der Waals surface area contributed by atoms with Crippen LogP contribution in [0.4, 0.5) is 0 Å². The van der Waals surface area contributed by atoms with Gasteiger partial charge >= 0.3 is 0 Å². The minimum absolute atomic E-state index is 0.000819. The monoisotopic (exact) mass is 299 g/mol. The van der Waals surface area contributed by atoms with Crippen molar-refractivity contribution in [2.75, 3.05) is 39.6 Å². The minimum Gasteiger partial charge on any atom is -0.393 e. The summed E-state index contributed by atoms with van der Waals surface area (Å²) in [5.41, 5.74) is 1.09. The van der Waals surface area contributed by atoms with Crippen LogP contribution in [0.25, 0.3) is 0 Å². The van der Waals surface area contributed by atoms with Gasteiger partial charge in [0.05, 0.1) is 19.0 Å². The predicted octanol–water partition coefficient (Wildman–Crippen LogP) is 0.808. The molecule has 21 heavy (non-hydrogen) atoms. The summed E-state index contributed by atoms with van der Waals surface area (Å²) < 4.78 is 5.35. The minimum atomic E-state index is -0.538. The van der Waals surface area contributed by atoms with Crippen LogP contribution in [0, 0.1) is 5.92 Å². The van der Waals surface area contributed by atoms with Crippen LogP contribution in [-0.4, -0.2) is 66.9 Å². The fraction of sp³-hybridized carbons (Fsp3) is 0.933. The maximum atomic E-state index is 9.88. The Bertz CT molecular complexity index is 345. The normalized spacial score (nSPS) is 22.6. The molecule has 0 amide bonds. The number of nitrogens with one attached hydrogen (secondary N) is 1. The highest BCUT2D eigenvalue weighted by Gasteiger charge is 2.30. The first kappa shape index (κ1) is 16.7. The molecule has 1 aliphatic heterocycles. The summed E-state index contributed by atoms with van der Waals surface area (Å²) in [7, 11) is 0. The Hall–Kier alpha value is -0.690. The Morgan fingerprint density at radius 1 is 1.48 bits per heavy atom. The van der Waals surface area contributed by atoms with Crippen LogP contribution < -0.4 is 5.32 Å². The second-order valence-electron chi connectivity index (χ2n) is 7.03. The molecule has 0 radical (unpaired) electrons. The van der Waals surface area contributed by atoms with Crippen molar-refractivity contribution in [1.82, 2.24) is 10.2 Å². The van der Waals surface area contributed by atoms with Crippen LogP contribution in [0.1, 0.15) is 33.6 Å². The molecule has 6 heteroatoms. The second-order valence-corrected chi connectivity index (χ2v) is 7.03. The van der Waals surface area contributed by atoms with Crippen molar-refractivity contribution in [3.05, 3.63) is 0 Å². The van der Waals surface area contributed by atoms with E-state index in [1.54, 1.807) is 0 Å². The molecule has 1 heterocycles. The van der Waals surface area contributed by atoms with Crippen molar-refractivity contribution in [1.29, 1.82) is 0 Å². The van der Waals surface area contributed by atoms with Crippen LogP contribution in [0.3, 0.4) is 0 Å². The lowest BCUT2D eigenvalue weighted by molar-refractivity contribution is 0.0362. The van der Waals surface area contributed by atoms with Gasteiger partial charge in [0.25, 0.3) is 0 Å². The molecule has 2 aliphatic rings. The van der Waals surface area contributed by atoms with Crippen molar-refractivity contribution in [2.24, 2.45) is 11.1 Å². The highest BCUT2D eigenvalue weighted by atomic mass is 16.6. The molecular formula is C15H29N3O3. The zero-order chi connectivity index (χ0) is 15.3. The maximum Gasteiger partial charge on any atom is 0.144 e. The van der Waals surface area contributed by atoms with E-state index >= 15 is 0 Å². The molecule has 122 valence electrons. The third-order valence-electron chi connectivity index (χ3n) is 3.58. The molecule has 0 bridgehead atoms. The molecule has 1 aliphatic carbocycles. The fourth-order valence-corrected chi connectivity index (χ4v) is 2.14. The summed E-state index contributed by atoms with van der Waals surface area (Å²) >= 11 is 0. The van der Waals surface area contributed by atoms with Gasteiger partial charge in [0.15, 0.2) is 0 Å². The maximum absolute atomic E-state index is 9.88. The Balaban J connectivity index is 1.69. The Kier molecular flexibility index (Phi) is 5.98. The molecule has 1 saturated carbocycles. The highest BCUT2D eigenvalue weighted by Crippen LogP contribution is 2.31. The topological polar surface area (TPSA) is 66.3 Å². The van der Waals surface area contributed by atoms with Crippen LogP contribution in [-0.2, 0) is 9.57 Å². The van der Waals surface area contributed by atoms with Gasteiger partial charge in [0, 0.05) is 31.1 Å².